The predicted molar refractivity (Wildman–Crippen MR) is 80.8 cm³/mol. The summed E-state index contributed by atoms with van der Waals surface area (Å²) in [7, 11) is 0. The highest BCUT2D eigenvalue weighted by molar-refractivity contribution is 5.97. The molecule has 0 bridgehead atoms. The molecule has 0 aromatic heterocycles. The van der Waals surface area contributed by atoms with Crippen LogP contribution in [0.1, 0.15) is 41.6 Å². The molecule has 1 aliphatic rings. The fourth-order valence-corrected chi connectivity index (χ4v) is 2.66. The Bertz CT molecular complexity index is 510. The second-order valence-electron chi connectivity index (χ2n) is 5.39. The third-order valence-corrected chi connectivity index (χ3v) is 3.91. The lowest BCUT2D eigenvalue weighted by Gasteiger charge is -2.39. The van der Waals surface area contributed by atoms with Crippen LogP contribution in [0.25, 0.3) is 0 Å². The molecule has 1 fully saturated rings. The van der Waals surface area contributed by atoms with Crippen molar-refractivity contribution < 1.29 is 15.2 Å². The first-order chi connectivity index (χ1) is 10.4. The standard InChI is InChI=1S/C14H19N3O5/c1-10-12(16(19)20)8-11(9-13(10)17(21)22)14(18)15-6-4-2-3-5-7-15/h8-9,19-20H,2-7H2,1H3/q-2. The molecule has 122 valence electrons. The Morgan fingerprint density at radius 1 is 1.09 bits per heavy atom. The zero-order chi connectivity index (χ0) is 16.3. The van der Waals surface area contributed by atoms with E-state index in [1.807, 2.05) is 0 Å². The number of anilines is 2. The van der Waals surface area contributed by atoms with Gasteiger partial charge in [-0.1, -0.05) is 12.8 Å². The Balaban J connectivity index is 2.38. The van der Waals surface area contributed by atoms with Crippen molar-refractivity contribution in [1.29, 1.82) is 0 Å². The molecule has 1 aliphatic heterocycles. The average molecular weight is 309 g/mol. The molecule has 0 atom stereocenters. The Kier molecular flexibility index (Phi) is 5.19. The van der Waals surface area contributed by atoms with E-state index in [1.54, 1.807) is 4.90 Å². The topological polar surface area (TPSA) is 113 Å². The largest absolute Gasteiger partial charge is 0.769 e. The fourth-order valence-electron chi connectivity index (χ4n) is 2.66. The van der Waals surface area contributed by atoms with Crippen LogP contribution in [0.5, 0.6) is 0 Å². The summed E-state index contributed by atoms with van der Waals surface area (Å²) in [6.45, 7) is 2.61. The van der Waals surface area contributed by atoms with Crippen molar-refractivity contribution in [3.05, 3.63) is 33.7 Å². The first-order valence-electron chi connectivity index (χ1n) is 7.18. The lowest BCUT2D eigenvalue weighted by atomic mass is 10.1. The number of hydrogen-bond acceptors (Lipinski definition) is 7. The second kappa shape index (κ2) is 6.93. The monoisotopic (exact) mass is 309 g/mol. The third kappa shape index (κ3) is 3.47. The van der Waals surface area contributed by atoms with Crippen LogP contribution in [0.3, 0.4) is 0 Å². The van der Waals surface area contributed by atoms with Gasteiger partial charge in [0.15, 0.2) is 0 Å². The van der Waals surface area contributed by atoms with Crippen molar-refractivity contribution in [1.82, 2.24) is 4.90 Å². The lowest BCUT2D eigenvalue weighted by Crippen LogP contribution is -2.32. The van der Waals surface area contributed by atoms with Crippen molar-refractivity contribution >= 4 is 17.3 Å². The molecule has 0 unspecified atom stereocenters. The van der Waals surface area contributed by atoms with E-state index in [-0.39, 0.29) is 33.6 Å². The van der Waals surface area contributed by atoms with Crippen molar-refractivity contribution in [2.75, 3.05) is 23.5 Å². The molecular weight excluding hydrogens is 290 g/mol. The maximum absolute atomic E-state index is 12.5. The Morgan fingerprint density at radius 2 is 1.64 bits per heavy atom. The molecular formula is C14H19N3O5-2. The molecule has 1 heterocycles. The molecule has 8 heteroatoms. The van der Waals surface area contributed by atoms with Crippen LogP contribution in [0.15, 0.2) is 12.1 Å². The van der Waals surface area contributed by atoms with E-state index in [9.17, 15) is 25.6 Å². The molecule has 0 spiro atoms. The van der Waals surface area contributed by atoms with E-state index in [1.165, 1.54) is 19.1 Å². The molecule has 1 aromatic rings. The lowest BCUT2D eigenvalue weighted by molar-refractivity contribution is 0.0288. The van der Waals surface area contributed by atoms with Gasteiger partial charge in [-0.2, -0.15) is 0 Å². The minimum absolute atomic E-state index is 0.0855. The number of amides is 1. The zero-order valence-corrected chi connectivity index (χ0v) is 12.4. The van der Waals surface area contributed by atoms with E-state index in [0.717, 1.165) is 25.7 Å². The van der Waals surface area contributed by atoms with Gasteiger partial charge in [0, 0.05) is 24.3 Å². The minimum atomic E-state index is -0.637. The minimum Gasteiger partial charge on any atom is -0.769 e. The molecule has 1 aromatic carbocycles. The maximum Gasteiger partial charge on any atom is 0.254 e. The smallest absolute Gasteiger partial charge is 0.254 e. The quantitative estimate of drug-likeness (QED) is 0.824. The summed E-state index contributed by atoms with van der Waals surface area (Å²) in [6.07, 6.45) is 3.92. The molecule has 8 nitrogen and oxygen atoms in total. The first kappa shape index (κ1) is 16.5. The molecule has 2 rings (SSSR count). The fraction of sp³-hybridized carbons (Fsp3) is 0.500. The summed E-state index contributed by atoms with van der Waals surface area (Å²) in [5.74, 6) is -0.326. The van der Waals surface area contributed by atoms with Crippen LogP contribution in [-0.2, 0) is 0 Å². The van der Waals surface area contributed by atoms with Crippen LogP contribution >= 0.6 is 0 Å². The van der Waals surface area contributed by atoms with Gasteiger partial charge in [-0.05, 0) is 37.5 Å². The highest BCUT2D eigenvalue weighted by Crippen LogP contribution is 2.30. The Hall–Kier alpha value is -1.87. The number of rotatable bonds is 3. The van der Waals surface area contributed by atoms with Crippen molar-refractivity contribution in [2.24, 2.45) is 0 Å². The zero-order valence-electron chi connectivity index (χ0n) is 12.4. The summed E-state index contributed by atoms with van der Waals surface area (Å²) in [4.78, 5) is 14.2. The highest BCUT2D eigenvalue weighted by atomic mass is 16.8. The van der Waals surface area contributed by atoms with Gasteiger partial charge in [-0.25, -0.2) is 0 Å². The van der Waals surface area contributed by atoms with Gasteiger partial charge in [0.2, 0.25) is 0 Å². The van der Waals surface area contributed by atoms with Crippen molar-refractivity contribution in [3.63, 3.8) is 0 Å². The van der Waals surface area contributed by atoms with E-state index in [0.29, 0.717) is 13.1 Å². The van der Waals surface area contributed by atoms with E-state index < -0.39 is 5.23 Å². The summed E-state index contributed by atoms with van der Waals surface area (Å²) in [5.41, 5.74) is -0.319. The Labute approximate surface area is 128 Å². The highest BCUT2D eigenvalue weighted by Gasteiger charge is 2.20. The summed E-state index contributed by atoms with van der Waals surface area (Å²) >= 11 is 0. The molecule has 0 radical (unpaired) electrons. The third-order valence-electron chi connectivity index (χ3n) is 3.91. The number of carbonyl (C=O) groups excluding carboxylic acids is 1. The second-order valence-corrected chi connectivity index (χ2v) is 5.39. The van der Waals surface area contributed by atoms with Gasteiger partial charge < -0.3 is 20.5 Å². The van der Waals surface area contributed by atoms with Gasteiger partial charge >= 0.3 is 0 Å². The van der Waals surface area contributed by atoms with Gasteiger partial charge in [-0.15, -0.1) is 5.23 Å². The maximum atomic E-state index is 12.5. The molecule has 22 heavy (non-hydrogen) atoms. The predicted octanol–water partition coefficient (Wildman–Crippen LogP) is 2.40. The summed E-state index contributed by atoms with van der Waals surface area (Å²) in [6, 6.07) is 2.45. The van der Waals surface area contributed by atoms with Gasteiger partial charge in [0.1, 0.15) is 0 Å². The van der Waals surface area contributed by atoms with Crippen molar-refractivity contribution in [2.45, 2.75) is 32.6 Å². The summed E-state index contributed by atoms with van der Waals surface area (Å²) < 4.78 is 0. The van der Waals surface area contributed by atoms with Crippen LogP contribution in [0, 0.1) is 17.3 Å². The van der Waals surface area contributed by atoms with Crippen LogP contribution in [0.2, 0.25) is 0 Å². The van der Waals surface area contributed by atoms with E-state index in [2.05, 4.69) is 0 Å². The average Bonchev–Trinajstić information content (AvgIpc) is 2.75. The molecule has 2 N–H and O–H groups in total. The van der Waals surface area contributed by atoms with Crippen LogP contribution in [-0.4, -0.2) is 34.3 Å². The molecule has 1 saturated heterocycles. The Morgan fingerprint density at radius 3 is 2.14 bits per heavy atom. The molecule has 1 amide bonds. The van der Waals surface area contributed by atoms with E-state index >= 15 is 0 Å². The van der Waals surface area contributed by atoms with Gasteiger partial charge in [-0.3, -0.25) is 15.2 Å². The van der Waals surface area contributed by atoms with Crippen LogP contribution < -0.4 is 10.5 Å². The SMILES string of the molecule is Cc1c(N([O-])[O-])cc(C(=O)N2CCCCCC2)cc1N(O)O. The number of carbonyl (C=O) groups is 1. The number of benzene rings is 1. The normalized spacial score (nSPS) is 15.4. The van der Waals surface area contributed by atoms with Gasteiger partial charge in [0.05, 0.1) is 5.69 Å². The van der Waals surface area contributed by atoms with E-state index in [4.69, 9.17) is 0 Å². The van der Waals surface area contributed by atoms with Gasteiger partial charge in [0.25, 0.3) is 5.91 Å². The summed E-state index contributed by atoms with van der Waals surface area (Å²) in [5, 5.41) is 39.8. The molecule has 0 saturated carbocycles. The number of likely N-dealkylation sites (tertiary alicyclic amines) is 1. The first-order valence-corrected chi connectivity index (χ1v) is 7.18. The van der Waals surface area contributed by atoms with Crippen molar-refractivity contribution in [3.8, 4) is 0 Å². The number of nitrogens with zero attached hydrogens (tertiary/aromatic N) is 3. The molecule has 0 aliphatic carbocycles. The number of hydrogen-bond donors (Lipinski definition) is 2. The van der Waals surface area contributed by atoms with Crippen LogP contribution in [0.4, 0.5) is 11.4 Å².